The van der Waals surface area contributed by atoms with Gasteiger partial charge in [0.1, 0.15) is 5.41 Å². The average molecular weight is 257 g/mol. The highest BCUT2D eigenvalue weighted by atomic mass is 16.2. The maximum Gasteiger partial charge on any atom is 0.243 e. The van der Waals surface area contributed by atoms with E-state index in [1.807, 2.05) is 19.1 Å². The topological polar surface area (TPSA) is 57.0 Å². The highest BCUT2D eigenvalue weighted by molar-refractivity contribution is 5.86. The molecule has 1 amide bonds. The van der Waals surface area contributed by atoms with Gasteiger partial charge in [0.15, 0.2) is 0 Å². The number of nitrogens with zero attached hydrogens (tertiary/aromatic N) is 3. The van der Waals surface area contributed by atoms with Gasteiger partial charge in [0.05, 0.1) is 6.07 Å². The number of aromatic nitrogens is 1. The van der Waals surface area contributed by atoms with Crippen molar-refractivity contribution in [2.24, 2.45) is 11.3 Å². The molecule has 4 nitrogen and oxygen atoms in total. The molecule has 1 aromatic rings. The summed E-state index contributed by atoms with van der Waals surface area (Å²) in [5.41, 5.74) is 0.272. The third-order valence-corrected chi connectivity index (χ3v) is 3.81. The normalized spacial score (nSPS) is 25.2. The van der Waals surface area contributed by atoms with Crippen molar-refractivity contribution in [3.05, 3.63) is 30.1 Å². The van der Waals surface area contributed by atoms with E-state index in [9.17, 15) is 10.1 Å². The minimum Gasteiger partial charge on any atom is -0.337 e. The fraction of sp³-hybridized carbons (Fsp3) is 0.533. The molecule has 0 aliphatic heterocycles. The number of rotatable bonds is 4. The molecular formula is C15H19N3O. The Morgan fingerprint density at radius 2 is 2.16 bits per heavy atom. The van der Waals surface area contributed by atoms with Gasteiger partial charge >= 0.3 is 0 Å². The standard InChI is InChI=1S/C15H19N3O/c1-3-18(10-13-4-6-17-7-5-13)14(19)15(11-16)8-12(2)9-15/h4-7,12H,3,8-10H2,1-2H3. The largest absolute Gasteiger partial charge is 0.337 e. The Kier molecular flexibility index (Phi) is 3.84. The van der Waals surface area contributed by atoms with Gasteiger partial charge in [-0.1, -0.05) is 6.92 Å². The van der Waals surface area contributed by atoms with Gasteiger partial charge < -0.3 is 4.90 Å². The number of pyridine rings is 1. The first-order valence-electron chi connectivity index (χ1n) is 6.71. The summed E-state index contributed by atoms with van der Waals surface area (Å²) in [5.74, 6) is 0.454. The molecule has 19 heavy (non-hydrogen) atoms. The Bertz CT molecular complexity index is 486. The highest BCUT2D eigenvalue weighted by Crippen LogP contribution is 2.46. The zero-order valence-corrected chi connectivity index (χ0v) is 11.5. The molecule has 0 bridgehead atoms. The van der Waals surface area contributed by atoms with E-state index in [2.05, 4.69) is 18.0 Å². The number of hydrogen-bond donors (Lipinski definition) is 0. The summed E-state index contributed by atoms with van der Waals surface area (Å²) in [5, 5.41) is 9.33. The molecule has 0 radical (unpaired) electrons. The van der Waals surface area contributed by atoms with E-state index < -0.39 is 5.41 Å². The minimum atomic E-state index is -0.775. The van der Waals surface area contributed by atoms with Crippen molar-refractivity contribution in [2.75, 3.05) is 6.54 Å². The van der Waals surface area contributed by atoms with Gasteiger partial charge in [-0.25, -0.2) is 0 Å². The van der Waals surface area contributed by atoms with Crippen LogP contribution >= 0.6 is 0 Å². The van der Waals surface area contributed by atoms with Crippen LogP contribution in [0.5, 0.6) is 0 Å². The lowest BCUT2D eigenvalue weighted by Crippen LogP contribution is -2.49. The summed E-state index contributed by atoms with van der Waals surface area (Å²) in [6, 6.07) is 6.04. The lowest BCUT2D eigenvalue weighted by atomic mass is 9.62. The fourth-order valence-corrected chi connectivity index (χ4v) is 2.78. The van der Waals surface area contributed by atoms with E-state index in [-0.39, 0.29) is 5.91 Å². The molecule has 1 heterocycles. The van der Waals surface area contributed by atoms with Crippen LogP contribution in [0.25, 0.3) is 0 Å². The first-order chi connectivity index (χ1) is 9.11. The molecule has 100 valence electrons. The van der Waals surface area contributed by atoms with Crippen LogP contribution in [-0.4, -0.2) is 22.3 Å². The molecule has 1 aromatic heterocycles. The number of nitriles is 1. The summed E-state index contributed by atoms with van der Waals surface area (Å²) in [7, 11) is 0. The van der Waals surface area contributed by atoms with Gasteiger partial charge in [-0.2, -0.15) is 5.26 Å². The van der Waals surface area contributed by atoms with Crippen molar-refractivity contribution < 1.29 is 4.79 Å². The second-order valence-electron chi connectivity index (χ2n) is 5.38. The summed E-state index contributed by atoms with van der Waals surface area (Å²) in [6.45, 7) is 5.21. The molecule has 0 unspecified atom stereocenters. The first-order valence-corrected chi connectivity index (χ1v) is 6.71. The van der Waals surface area contributed by atoms with E-state index >= 15 is 0 Å². The van der Waals surface area contributed by atoms with Gasteiger partial charge in [0, 0.05) is 25.5 Å². The second kappa shape index (κ2) is 5.40. The molecule has 4 heteroatoms. The van der Waals surface area contributed by atoms with E-state index in [0.29, 0.717) is 31.8 Å². The third kappa shape index (κ3) is 2.60. The van der Waals surface area contributed by atoms with E-state index in [0.717, 1.165) is 5.56 Å². The second-order valence-corrected chi connectivity index (χ2v) is 5.38. The molecular weight excluding hydrogens is 238 g/mol. The molecule has 0 atom stereocenters. The number of carbonyl (C=O) groups excluding carboxylic acids is 1. The van der Waals surface area contributed by atoms with Crippen LogP contribution in [0.15, 0.2) is 24.5 Å². The van der Waals surface area contributed by atoms with Crippen LogP contribution in [0.2, 0.25) is 0 Å². The lowest BCUT2D eigenvalue weighted by molar-refractivity contribution is -0.145. The molecule has 1 saturated carbocycles. The smallest absolute Gasteiger partial charge is 0.243 e. The Balaban J connectivity index is 2.10. The van der Waals surface area contributed by atoms with Crippen molar-refractivity contribution in [3.8, 4) is 6.07 Å². The molecule has 0 saturated heterocycles. The van der Waals surface area contributed by atoms with Crippen molar-refractivity contribution in [1.82, 2.24) is 9.88 Å². The van der Waals surface area contributed by atoms with Gasteiger partial charge in [0.25, 0.3) is 0 Å². The van der Waals surface area contributed by atoms with Crippen LogP contribution in [-0.2, 0) is 11.3 Å². The van der Waals surface area contributed by atoms with E-state index in [1.54, 1.807) is 17.3 Å². The van der Waals surface area contributed by atoms with Crippen LogP contribution in [0.1, 0.15) is 32.3 Å². The zero-order valence-electron chi connectivity index (χ0n) is 11.5. The monoisotopic (exact) mass is 257 g/mol. The quantitative estimate of drug-likeness (QED) is 0.832. The molecule has 0 N–H and O–H groups in total. The maximum atomic E-state index is 12.5. The molecule has 1 aliphatic carbocycles. The lowest BCUT2D eigenvalue weighted by Gasteiger charge is -2.42. The van der Waals surface area contributed by atoms with E-state index in [1.165, 1.54) is 0 Å². The van der Waals surface area contributed by atoms with Crippen molar-refractivity contribution in [3.63, 3.8) is 0 Å². The Morgan fingerprint density at radius 1 is 1.53 bits per heavy atom. The van der Waals surface area contributed by atoms with Gasteiger partial charge in [-0.05, 0) is 43.4 Å². The Morgan fingerprint density at radius 3 is 2.63 bits per heavy atom. The number of amides is 1. The number of carbonyl (C=O) groups is 1. The van der Waals surface area contributed by atoms with Gasteiger partial charge in [-0.3, -0.25) is 9.78 Å². The Labute approximate surface area is 114 Å². The average Bonchev–Trinajstić information content (AvgIpc) is 2.41. The van der Waals surface area contributed by atoms with Crippen molar-refractivity contribution >= 4 is 5.91 Å². The van der Waals surface area contributed by atoms with Crippen LogP contribution < -0.4 is 0 Å². The maximum absolute atomic E-state index is 12.5. The molecule has 0 aromatic carbocycles. The SMILES string of the molecule is CCN(Cc1ccncc1)C(=O)C1(C#N)CC(C)C1. The summed E-state index contributed by atoms with van der Waals surface area (Å²) >= 11 is 0. The third-order valence-electron chi connectivity index (χ3n) is 3.81. The fourth-order valence-electron chi connectivity index (χ4n) is 2.78. The Hall–Kier alpha value is -1.89. The predicted octanol–water partition coefficient (Wildman–Crippen LogP) is 2.37. The molecule has 1 fully saturated rings. The van der Waals surface area contributed by atoms with Crippen LogP contribution in [0, 0.1) is 22.7 Å². The van der Waals surface area contributed by atoms with Crippen molar-refractivity contribution in [1.29, 1.82) is 5.26 Å². The molecule has 2 rings (SSSR count). The molecule has 1 aliphatic rings. The van der Waals surface area contributed by atoms with E-state index in [4.69, 9.17) is 0 Å². The molecule has 0 spiro atoms. The zero-order chi connectivity index (χ0) is 13.9. The predicted molar refractivity (Wildman–Crippen MR) is 71.8 cm³/mol. The summed E-state index contributed by atoms with van der Waals surface area (Å²) in [6.07, 6.45) is 4.82. The minimum absolute atomic E-state index is 0.0209. The first kappa shape index (κ1) is 13.5. The highest BCUT2D eigenvalue weighted by Gasteiger charge is 2.50. The summed E-state index contributed by atoms with van der Waals surface area (Å²) < 4.78 is 0. The number of hydrogen-bond acceptors (Lipinski definition) is 3. The van der Waals surface area contributed by atoms with Crippen LogP contribution in [0.3, 0.4) is 0 Å². The van der Waals surface area contributed by atoms with Gasteiger partial charge in [0.2, 0.25) is 5.91 Å². The van der Waals surface area contributed by atoms with Crippen LogP contribution in [0.4, 0.5) is 0 Å². The summed E-state index contributed by atoms with van der Waals surface area (Å²) in [4.78, 5) is 18.3. The van der Waals surface area contributed by atoms with Crippen molar-refractivity contribution in [2.45, 2.75) is 33.2 Å². The van der Waals surface area contributed by atoms with Gasteiger partial charge in [-0.15, -0.1) is 0 Å².